The standard InChI is InChI=1S/C22H22O4S/c1-22(2)13-16-17(14-9-5-3-6-10-14)19(23)20(18(16)21(22)24)27(25,26)15-11-7-4-8-12-15/h3-12,18,20-21,24H,13H2,1-2H3/t18-,20+,21-/m0/s1. The third kappa shape index (κ3) is 2.68. The van der Waals surface area contributed by atoms with Crippen LogP contribution in [-0.4, -0.2) is 30.7 Å². The number of allylic oxidation sites excluding steroid dienone is 1. The molecule has 0 bridgehead atoms. The van der Waals surface area contributed by atoms with Crippen LogP contribution in [0.15, 0.2) is 71.1 Å². The molecule has 5 heteroatoms. The van der Waals surface area contributed by atoms with Crippen molar-refractivity contribution in [1.29, 1.82) is 0 Å². The number of sulfone groups is 1. The molecule has 2 aromatic carbocycles. The highest BCUT2D eigenvalue weighted by Crippen LogP contribution is 2.55. The molecule has 0 saturated heterocycles. The predicted molar refractivity (Wildman–Crippen MR) is 104 cm³/mol. The molecular weight excluding hydrogens is 360 g/mol. The van der Waals surface area contributed by atoms with Crippen LogP contribution in [0, 0.1) is 11.3 Å². The fraction of sp³-hybridized carbons (Fsp3) is 0.318. The molecule has 1 fully saturated rings. The van der Waals surface area contributed by atoms with E-state index in [1.807, 2.05) is 44.2 Å². The highest BCUT2D eigenvalue weighted by Gasteiger charge is 2.59. The van der Waals surface area contributed by atoms with Crippen LogP contribution in [-0.2, 0) is 14.6 Å². The molecule has 2 aliphatic carbocycles. The normalized spacial score (nSPS) is 27.1. The van der Waals surface area contributed by atoms with Gasteiger partial charge in [-0.1, -0.05) is 68.0 Å². The van der Waals surface area contributed by atoms with E-state index >= 15 is 0 Å². The zero-order valence-corrected chi connectivity index (χ0v) is 16.1. The highest BCUT2D eigenvalue weighted by atomic mass is 32.2. The van der Waals surface area contributed by atoms with Gasteiger partial charge in [0.1, 0.15) is 5.25 Å². The molecule has 27 heavy (non-hydrogen) atoms. The van der Waals surface area contributed by atoms with E-state index in [9.17, 15) is 18.3 Å². The molecule has 3 atom stereocenters. The van der Waals surface area contributed by atoms with Crippen molar-refractivity contribution in [3.63, 3.8) is 0 Å². The molecule has 0 amide bonds. The number of fused-ring (bicyclic) bond motifs is 1. The minimum Gasteiger partial charge on any atom is -0.392 e. The zero-order chi connectivity index (χ0) is 19.4. The Labute approximate surface area is 159 Å². The quantitative estimate of drug-likeness (QED) is 0.884. The van der Waals surface area contributed by atoms with E-state index < -0.39 is 38.3 Å². The molecule has 2 aromatic rings. The summed E-state index contributed by atoms with van der Waals surface area (Å²) in [6, 6.07) is 17.2. The van der Waals surface area contributed by atoms with Gasteiger partial charge in [0, 0.05) is 11.5 Å². The first-order valence-electron chi connectivity index (χ1n) is 9.05. The smallest absolute Gasteiger partial charge is 0.189 e. The van der Waals surface area contributed by atoms with Crippen LogP contribution in [0.25, 0.3) is 5.57 Å². The van der Waals surface area contributed by atoms with E-state index in [1.54, 1.807) is 18.2 Å². The van der Waals surface area contributed by atoms with Crippen LogP contribution in [0.2, 0.25) is 0 Å². The van der Waals surface area contributed by atoms with Gasteiger partial charge in [-0.25, -0.2) is 8.42 Å². The maximum absolute atomic E-state index is 13.4. The van der Waals surface area contributed by atoms with Gasteiger partial charge in [-0.3, -0.25) is 4.79 Å². The van der Waals surface area contributed by atoms with Crippen molar-refractivity contribution in [1.82, 2.24) is 0 Å². The second kappa shape index (κ2) is 6.14. The zero-order valence-electron chi connectivity index (χ0n) is 15.3. The van der Waals surface area contributed by atoms with Crippen molar-refractivity contribution in [3.8, 4) is 0 Å². The SMILES string of the molecule is CC1(C)CC2=C(c3ccccc3)C(=O)[C@H](S(=O)(=O)c3ccccc3)[C@H]2[C@@H]1O. The molecular formula is C22H22O4S. The number of benzene rings is 2. The van der Waals surface area contributed by atoms with Gasteiger partial charge in [-0.2, -0.15) is 0 Å². The summed E-state index contributed by atoms with van der Waals surface area (Å²) in [6.07, 6.45) is -0.378. The van der Waals surface area contributed by atoms with E-state index in [-0.39, 0.29) is 4.90 Å². The Bertz CT molecular complexity index is 1020. The van der Waals surface area contributed by atoms with Gasteiger partial charge in [0.15, 0.2) is 15.6 Å². The molecule has 2 aliphatic rings. The topological polar surface area (TPSA) is 71.4 Å². The number of aliphatic hydroxyl groups excluding tert-OH is 1. The Balaban J connectivity index is 1.91. The van der Waals surface area contributed by atoms with Gasteiger partial charge in [0.05, 0.1) is 11.0 Å². The molecule has 4 nitrogen and oxygen atoms in total. The number of carbonyl (C=O) groups is 1. The number of hydrogen-bond acceptors (Lipinski definition) is 4. The number of Topliss-reactive ketones (excluding diaryl/α,β-unsaturated/α-hetero) is 1. The molecule has 0 heterocycles. The Morgan fingerprint density at radius 2 is 1.52 bits per heavy atom. The van der Waals surface area contributed by atoms with Gasteiger partial charge >= 0.3 is 0 Å². The first kappa shape index (κ1) is 18.1. The Hall–Kier alpha value is -2.24. The van der Waals surface area contributed by atoms with Gasteiger partial charge < -0.3 is 5.11 Å². The first-order valence-corrected chi connectivity index (χ1v) is 10.6. The summed E-state index contributed by atoms with van der Waals surface area (Å²) in [5.74, 6) is -1.10. The molecule has 0 aromatic heterocycles. The van der Waals surface area contributed by atoms with Gasteiger partial charge in [0.25, 0.3) is 0 Å². The lowest BCUT2D eigenvalue weighted by Gasteiger charge is -2.28. The second-order valence-corrected chi connectivity index (χ2v) is 10.1. The number of carbonyl (C=O) groups excluding carboxylic acids is 1. The first-order chi connectivity index (χ1) is 12.7. The van der Waals surface area contributed by atoms with Crippen LogP contribution >= 0.6 is 0 Å². The fourth-order valence-electron chi connectivity index (χ4n) is 4.48. The second-order valence-electron chi connectivity index (χ2n) is 8.05. The van der Waals surface area contributed by atoms with Crippen LogP contribution in [0.5, 0.6) is 0 Å². The minimum atomic E-state index is -3.92. The summed E-state index contributed by atoms with van der Waals surface area (Å²) in [5.41, 5.74) is 1.48. The summed E-state index contributed by atoms with van der Waals surface area (Å²) >= 11 is 0. The lowest BCUT2D eigenvalue weighted by molar-refractivity contribution is -0.114. The molecule has 4 rings (SSSR count). The summed E-state index contributed by atoms with van der Waals surface area (Å²) in [6.45, 7) is 3.84. The van der Waals surface area contributed by atoms with Gasteiger partial charge in [0.2, 0.25) is 0 Å². The average Bonchev–Trinajstić information content (AvgIpc) is 3.05. The van der Waals surface area contributed by atoms with E-state index in [1.165, 1.54) is 12.1 Å². The highest BCUT2D eigenvalue weighted by molar-refractivity contribution is 7.93. The lowest BCUT2D eigenvalue weighted by atomic mass is 9.85. The Morgan fingerprint density at radius 1 is 0.963 bits per heavy atom. The Morgan fingerprint density at radius 3 is 2.11 bits per heavy atom. The fourth-order valence-corrected chi connectivity index (χ4v) is 6.41. The van der Waals surface area contributed by atoms with Gasteiger partial charge in [-0.15, -0.1) is 0 Å². The van der Waals surface area contributed by atoms with E-state index in [0.29, 0.717) is 12.0 Å². The summed E-state index contributed by atoms with van der Waals surface area (Å²) in [4.78, 5) is 13.5. The number of hydrogen-bond donors (Lipinski definition) is 1. The molecule has 0 aliphatic heterocycles. The van der Waals surface area contributed by atoms with Crippen molar-refractivity contribution < 1.29 is 18.3 Å². The predicted octanol–water partition coefficient (Wildman–Crippen LogP) is 3.27. The third-order valence-corrected chi connectivity index (χ3v) is 7.91. The van der Waals surface area contributed by atoms with Crippen LogP contribution in [0.4, 0.5) is 0 Å². The third-order valence-electron chi connectivity index (χ3n) is 5.81. The number of aliphatic hydroxyl groups is 1. The Kier molecular flexibility index (Phi) is 4.13. The molecule has 0 radical (unpaired) electrons. The lowest BCUT2D eigenvalue weighted by Crippen LogP contribution is -2.41. The van der Waals surface area contributed by atoms with Crippen molar-refractivity contribution in [2.75, 3.05) is 0 Å². The maximum atomic E-state index is 13.4. The minimum absolute atomic E-state index is 0.119. The van der Waals surface area contributed by atoms with Crippen molar-refractivity contribution in [2.24, 2.45) is 11.3 Å². The van der Waals surface area contributed by atoms with E-state index in [0.717, 1.165) is 11.1 Å². The number of ketones is 1. The maximum Gasteiger partial charge on any atom is 0.189 e. The van der Waals surface area contributed by atoms with Crippen molar-refractivity contribution in [3.05, 3.63) is 71.8 Å². The monoisotopic (exact) mass is 382 g/mol. The molecule has 0 unspecified atom stereocenters. The van der Waals surface area contributed by atoms with Gasteiger partial charge in [-0.05, 0) is 29.5 Å². The molecule has 0 spiro atoms. The van der Waals surface area contributed by atoms with Crippen LogP contribution in [0.1, 0.15) is 25.8 Å². The summed E-state index contributed by atoms with van der Waals surface area (Å²) < 4.78 is 26.7. The van der Waals surface area contributed by atoms with Crippen LogP contribution in [0.3, 0.4) is 0 Å². The van der Waals surface area contributed by atoms with E-state index in [4.69, 9.17) is 0 Å². The van der Waals surface area contributed by atoms with Crippen molar-refractivity contribution in [2.45, 2.75) is 36.5 Å². The van der Waals surface area contributed by atoms with E-state index in [2.05, 4.69) is 0 Å². The largest absolute Gasteiger partial charge is 0.392 e. The summed E-state index contributed by atoms with van der Waals surface area (Å²) in [7, 11) is -3.92. The van der Waals surface area contributed by atoms with Crippen molar-refractivity contribution >= 4 is 21.2 Å². The van der Waals surface area contributed by atoms with Crippen LogP contribution < -0.4 is 0 Å². The molecule has 1 saturated carbocycles. The average molecular weight is 382 g/mol. The molecule has 1 N–H and O–H groups in total. The number of rotatable bonds is 3. The molecule has 140 valence electrons. The summed E-state index contributed by atoms with van der Waals surface area (Å²) in [5, 5.41) is 9.66.